The van der Waals surface area contributed by atoms with E-state index in [9.17, 15) is 0 Å². The fourth-order valence-electron chi connectivity index (χ4n) is 2.81. The van der Waals surface area contributed by atoms with Crippen molar-refractivity contribution in [1.29, 1.82) is 0 Å². The van der Waals surface area contributed by atoms with Gasteiger partial charge < -0.3 is 5.73 Å². The molecule has 1 aliphatic carbocycles. The second-order valence-electron chi connectivity index (χ2n) is 6.11. The highest BCUT2D eigenvalue weighted by molar-refractivity contribution is 5.50. The van der Waals surface area contributed by atoms with Crippen molar-refractivity contribution in [3.8, 4) is 0 Å². The van der Waals surface area contributed by atoms with Crippen LogP contribution >= 0.6 is 0 Å². The molecular weight excluding hydrogens is 290 g/mol. The number of nitrogens with two attached hydrogens (primary N) is 1. The molecule has 0 bridgehead atoms. The van der Waals surface area contributed by atoms with E-state index >= 15 is 0 Å². The number of allylic oxidation sites excluding steroid dienone is 13. The van der Waals surface area contributed by atoms with Crippen molar-refractivity contribution in [2.45, 2.75) is 52.4 Å². The van der Waals surface area contributed by atoms with Gasteiger partial charge in [0.2, 0.25) is 0 Å². The van der Waals surface area contributed by atoms with Gasteiger partial charge in [-0.1, -0.05) is 74.3 Å². The van der Waals surface area contributed by atoms with E-state index in [1.165, 1.54) is 11.1 Å². The summed E-state index contributed by atoms with van der Waals surface area (Å²) in [5.41, 5.74) is 9.69. The van der Waals surface area contributed by atoms with Crippen molar-refractivity contribution >= 4 is 0 Å². The molecule has 0 saturated carbocycles. The third kappa shape index (κ3) is 7.50. The lowest BCUT2D eigenvalue weighted by molar-refractivity contribution is 0.604. The maximum atomic E-state index is 6.23. The molecule has 1 atom stereocenters. The van der Waals surface area contributed by atoms with E-state index < -0.39 is 0 Å². The fraction of sp³-hybridized carbons (Fsp3) is 0.391. The molecule has 1 aliphatic rings. The summed E-state index contributed by atoms with van der Waals surface area (Å²) >= 11 is 0. The maximum absolute atomic E-state index is 6.23. The van der Waals surface area contributed by atoms with Gasteiger partial charge in [-0.25, -0.2) is 0 Å². The highest BCUT2D eigenvalue weighted by Crippen LogP contribution is 2.25. The van der Waals surface area contributed by atoms with Crippen LogP contribution in [-0.2, 0) is 0 Å². The first-order valence-corrected chi connectivity index (χ1v) is 9.15. The normalized spacial score (nSPS) is 17.5. The van der Waals surface area contributed by atoms with Crippen LogP contribution in [0.15, 0.2) is 84.2 Å². The lowest BCUT2D eigenvalue weighted by Gasteiger charge is -2.15. The van der Waals surface area contributed by atoms with Crippen molar-refractivity contribution in [3.63, 3.8) is 0 Å². The molecule has 1 heteroatoms. The first-order valence-electron chi connectivity index (χ1n) is 9.15. The van der Waals surface area contributed by atoms with E-state index in [4.69, 9.17) is 5.73 Å². The summed E-state index contributed by atoms with van der Waals surface area (Å²) in [5.74, 6) is 0.564. The van der Waals surface area contributed by atoms with E-state index in [0.717, 1.165) is 44.2 Å². The van der Waals surface area contributed by atoms with Crippen LogP contribution in [0.25, 0.3) is 0 Å². The van der Waals surface area contributed by atoms with E-state index in [-0.39, 0.29) is 0 Å². The SMILES string of the molecule is C=C/C=C/CCC(/C=C\CC)C/C=C(\C=C/C)C1=C(N)CCC=C1. The first kappa shape index (κ1) is 20.0. The lowest BCUT2D eigenvalue weighted by Crippen LogP contribution is -2.06. The van der Waals surface area contributed by atoms with Crippen molar-refractivity contribution in [1.82, 2.24) is 0 Å². The molecule has 0 spiro atoms. The lowest BCUT2D eigenvalue weighted by atomic mass is 9.92. The summed E-state index contributed by atoms with van der Waals surface area (Å²) in [6.45, 7) is 7.97. The van der Waals surface area contributed by atoms with Gasteiger partial charge in [-0.3, -0.25) is 0 Å². The van der Waals surface area contributed by atoms with Gasteiger partial charge in [0, 0.05) is 5.70 Å². The molecule has 2 N–H and O–H groups in total. The minimum Gasteiger partial charge on any atom is -0.402 e. The molecule has 24 heavy (non-hydrogen) atoms. The molecule has 0 aromatic rings. The molecular formula is C23H33N. The van der Waals surface area contributed by atoms with Crippen LogP contribution in [0, 0.1) is 5.92 Å². The van der Waals surface area contributed by atoms with E-state index in [1.54, 1.807) is 0 Å². The second kappa shape index (κ2) is 12.4. The third-order valence-corrected chi connectivity index (χ3v) is 4.13. The fourth-order valence-corrected chi connectivity index (χ4v) is 2.81. The Morgan fingerprint density at radius 2 is 2.21 bits per heavy atom. The Balaban J connectivity index is 2.85. The van der Waals surface area contributed by atoms with Gasteiger partial charge in [-0.2, -0.15) is 0 Å². The van der Waals surface area contributed by atoms with Gasteiger partial charge in [0.1, 0.15) is 0 Å². The highest BCUT2D eigenvalue weighted by Gasteiger charge is 2.09. The summed E-state index contributed by atoms with van der Waals surface area (Å²) in [6.07, 6.45) is 28.1. The maximum Gasteiger partial charge on any atom is 0.0163 e. The van der Waals surface area contributed by atoms with E-state index in [2.05, 4.69) is 69.0 Å². The zero-order valence-corrected chi connectivity index (χ0v) is 15.4. The molecule has 1 unspecified atom stereocenters. The van der Waals surface area contributed by atoms with Crippen LogP contribution < -0.4 is 5.73 Å². The van der Waals surface area contributed by atoms with Gasteiger partial charge in [-0.15, -0.1) is 0 Å². The summed E-state index contributed by atoms with van der Waals surface area (Å²) < 4.78 is 0. The van der Waals surface area contributed by atoms with Gasteiger partial charge >= 0.3 is 0 Å². The molecule has 0 heterocycles. The smallest absolute Gasteiger partial charge is 0.0163 e. The zero-order valence-electron chi connectivity index (χ0n) is 15.4. The largest absolute Gasteiger partial charge is 0.402 e. The number of rotatable bonds is 10. The molecule has 1 rings (SSSR count). The highest BCUT2D eigenvalue weighted by atomic mass is 14.6. The van der Waals surface area contributed by atoms with E-state index in [1.807, 2.05) is 12.2 Å². The van der Waals surface area contributed by atoms with Crippen LogP contribution in [0.2, 0.25) is 0 Å². The minimum atomic E-state index is 0.564. The number of hydrogen-bond donors (Lipinski definition) is 1. The average Bonchev–Trinajstić information content (AvgIpc) is 2.59. The van der Waals surface area contributed by atoms with Crippen LogP contribution in [0.4, 0.5) is 0 Å². The monoisotopic (exact) mass is 323 g/mol. The first-order chi connectivity index (χ1) is 11.7. The Labute approximate surface area is 148 Å². The van der Waals surface area contributed by atoms with Crippen molar-refractivity contribution in [2.24, 2.45) is 11.7 Å². The van der Waals surface area contributed by atoms with Gasteiger partial charge in [0.05, 0.1) is 0 Å². The Morgan fingerprint density at radius 3 is 2.88 bits per heavy atom. The minimum absolute atomic E-state index is 0.564. The Hall–Kier alpha value is -2.02. The Bertz CT molecular complexity index is 553. The molecule has 0 saturated heterocycles. The molecule has 0 amide bonds. The molecule has 0 radical (unpaired) electrons. The summed E-state index contributed by atoms with van der Waals surface area (Å²) in [4.78, 5) is 0. The summed E-state index contributed by atoms with van der Waals surface area (Å²) in [7, 11) is 0. The Kier molecular flexibility index (Phi) is 10.4. The summed E-state index contributed by atoms with van der Waals surface area (Å²) in [6, 6.07) is 0. The van der Waals surface area contributed by atoms with Crippen molar-refractivity contribution in [2.75, 3.05) is 0 Å². The predicted molar refractivity (Wildman–Crippen MR) is 109 cm³/mol. The molecule has 0 aromatic heterocycles. The van der Waals surface area contributed by atoms with Gasteiger partial charge in [0.15, 0.2) is 0 Å². The molecule has 1 nitrogen and oxygen atoms in total. The average molecular weight is 324 g/mol. The van der Waals surface area contributed by atoms with Gasteiger partial charge in [-0.05, 0) is 62.5 Å². The third-order valence-electron chi connectivity index (χ3n) is 4.13. The van der Waals surface area contributed by atoms with E-state index in [0.29, 0.717) is 5.92 Å². The predicted octanol–water partition coefficient (Wildman–Crippen LogP) is 6.55. The van der Waals surface area contributed by atoms with Crippen molar-refractivity contribution in [3.05, 3.63) is 84.2 Å². The van der Waals surface area contributed by atoms with Crippen molar-refractivity contribution < 1.29 is 0 Å². The molecule has 130 valence electrons. The molecule has 0 aromatic carbocycles. The second-order valence-corrected chi connectivity index (χ2v) is 6.11. The van der Waals surface area contributed by atoms with Gasteiger partial charge in [0.25, 0.3) is 0 Å². The topological polar surface area (TPSA) is 26.0 Å². The molecule has 0 fully saturated rings. The van der Waals surface area contributed by atoms with Crippen LogP contribution in [0.3, 0.4) is 0 Å². The standard InChI is InChI=1S/C23H33N/c1-4-7-9-10-15-20(14-8-5-2)18-19-21(13-6-3)22-16-11-12-17-23(22)24/h4,6-9,11,13-14,16,19-20H,1,5,10,12,15,17-18,24H2,2-3H3/b9-7+,13-6-,14-8-,21-19+. The summed E-state index contributed by atoms with van der Waals surface area (Å²) in [5, 5.41) is 0. The Morgan fingerprint density at radius 1 is 1.38 bits per heavy atom. The van der Waals surface area contributed by atoms with Crippen LogP contribution in [0.1, 0.15) is 52.4 Å². The zero-order chi connectivity index (χ0) is 17.6. The number of hydrogen-bond acceptors (Lipinski definition) is 1. The van der Waals surface area contributed by atoms with Crippen LogP contribution in [0.5, 0.6) is 0 Å². The quantitative estimate of drug-likeness (QED) is 0.358. The van der Waals surface area contributed by atoms with Crippen LogP contribution in [-0.4, -0.2) is 0 Å². The molecule has 0 aliphatic heterocycles.